The van der Waals surface area contributed by atoms with E-state index in [1.54, 1.807) is 0 Å². The Bertz CT molecular complexity index is 431. The lowest BCUT2D eigenvalue weighted by Gasteiger charge is -2.06. The molecule has 1 aromatic heterocycles. The van der Waals surface area contributed by atoms with Crippen molar-refractivity contribution in [1.29, 1.82) is 0 Å². The first-order valence-corrected chi connectivity index (χ1v) is 7.55. The summed E-state index contributed by atoms with van der Waals surface area (Å²) in [5.74, 6) is 0. The summed E-state index contributed by atoms with van der Waals surface area (Å²) in [4.78, 5) is 15.6. The van der Waals surface area contributed by atoms with Gasteiger partial charge in [-0.3, -0.25) is 9.36 Å². The summed E-state index contributed by atoms with van der Waals surface area (Å²) < 4.78 is 1.54. The summed E-state index contributed by atoms with van der Waals surface area (Å²) >= 11 is 5.68. The zero-order chi connectivity index (χ0) is 14.1. The van der Waals surface area contributed by atoms with Crippen LogP contribution in [0.2, 0.25) is 5.15 Å². The standard InChI is InChI=1S/C14H24ClN3O/c1-2-3-4-5-6-7-8-9-10-18-11-17-13(15)12(16)14(18)19/h11H,2-10,16H2,1H3. The fourth-order valence-corrected chi connectivity index (χ4v) is 2.19. The van der Waals surface area contributed by atoms with Crippen LogP contribution in [0.25, 0.3) is 0 Å². The molecule has 0 aromatic carbocycles. The van der Waals surface area contributed by atoms with Crippen LogP contribution < -0.4 is 11.3 Å². The minimum Gasteiger partial charge on any atom is -0.392 e. The van der Waals surface area contributed by atoms with Gasteiger partial charge < -0.3 is 5.73 Å². The zero-order valence-electron chi connectivity index (χ0n) is 11.7. The Kier molecular flexibility index (Phi) is 7.56. The highest BCUT2D eigenvalue weighted by Gasteiger charge is 2.05. The number of aryl methyl sites for hydroxylation is 1. The second kappa shape index (κ2) is 8.97. The normalized spacial score (nSPS) is 10.8. The molecule has 0 aliphatic carbocycles. The van der Waals surface area contributed by atoms with E-state index in [2.05, 4.69) is 11.9 Å². The Morgan fingerprint density at radius 3 is 2.37 bits per heavy atom. The van der Waals surface area contributed by atoms with E-state index < -0.39 is 0 Å². The van der Waals surface area contributed by atoms with Crippen molar-refractivity contribution < 1.29 is 0 Å². The number of halogens is 1. The van der Waals surface area contributed by atoms with Crippen molar-refractivity contribution in [2.24, 2.45) is 0 Å². The highest BCUT2D eigenvalue weighted by atomic mass is 35.5. The molecule has 0 amide bonds. The molecular weight excluding hydrogens is 262 g/mol. The molecule has 0 radical (unpaired) electrons. The minimum absolute atomic E-state index is 0.0451. The number of nitrogen functional groups attached to an aromatic ring is 1. The molecule has 0 aliphatic rings. The Morgan fingerprint density at radius 2 is 1.74 bits per heavy atom. The first kappa shape index (κ1) is 16.0. The van der Waals surface area contributed by atoms with Crippen LogP contribution in [0.1, 0.15) is 58.3 Å². The fraction of sp³-hybridized carbons (Fsp3) is 0.714. The lowest BCUT2D eigenvalue weighted by atomic mass is 10.1. The molecule has 1 rings (SSSR count). The molecule has 4 nitrogen and oxygen atoms in total. The van der Waals surface area contributed by atoms with E-state index in [4.69, 9.17) is 17.3 Å². The van der Waals surface area contributed by atoms with Crippen LogP contribution in [-0.2, 0) is 6.54 Å². The van der Waals surface area contributed by atoms with Crippen LogP contribution in [0.3, 0.4) is 0 Å². The van der Waals surface area contributed by atoms with Crippen molar-refractivity contribution in [3.05, 3.63) is 21.8 Å². The van der Waals surface area contributed by atoms with Gasteiger partial charge in [0.1, 0.15) is 5.69 Å². The van der Waals surface area contributed by atoms with Crippen LogP contribution in [0, 0.1) is 0 Å². The molecule has 1 aromatic rings. The first-order chi connectivity index (χ1) is 9.16. The van der Waals surface area contributed by atoms with Crippen LogP contribution >= 0.6 is 11.6 Å². The van der Waals surface area contributed by atoms with Crippen LogP contribution in [0.5, 0.6) is 0 Å². The van der Waals surface area contributed by atoms with Gasteiger partial charge in [0.15, 0.2) is 5.15 Å². The Morgan fingerprint density at radius 1 is 1.16 bits per heavy atom. The summed E-state index contributed by atoms with van der Waals surface area (Å²) in [6.07, 6.45) is 11.4. The molecule has 19 heavy (non-hydrogen) atoms. The van der Waals surface area contributed by atoms with E-state index in [1.807, 2.05) is 0 Å². The number of nitrogens with two attached hydrogens (primary N) is 1. The van der Waals surface area contributed by atoms with E-state index in [9.17, 15) is 4.79 Å². The highest BCUT2D eigenvalue weighted by molar-refractivity contribution is 6.31. The average Bonchev–Trinajstić information content (AvgIpc) is 2.41. The number of hydrogen-bond donors (Lipinski definition) is 1. The molecule has 0 saturated heterocycles. The van der Waals surface area contributed by atoms with E-state index in [1.165, 1.54) is 49.4 Å². The maximum Gasteiger partial charge on any atom is 0.278 e. The van der Waals surface area contributed by atoms with Gasteiger partial charge in [-0.1, -0.05) is 63.5 Å². The minimum atomic E-state index is -0.233. The van der Waals surface area contributed by atoms with Crippen molar-refractivity contribution in [3.8, 4) is 0 Å². The molecule has 1 heterocycles. The Labute approximate surface area is 120 Å². The lowest BCUT2D eigenvalue weighted by molar-refractivity contribution is 0.535. The quantitative estimate of drug-likeness (QED) is 0.557. The third-order valence-electron chi connectivity index (χ3n) is 3.28. The molecule has 0 atom stereocenters. The molecule has 0 aliphatic heterocycles. The number of rotatable bonds is 9. The number of unbranched alkanes of at least 4 members (excludes halogenated alkanes) is 7. The van der Waals surface area contributed by atoms with Gasteiger partial charge in [-0.2, -0.15) is 0 Å². The molecule has 0 unspecified atom stereocenters. The number of aromatic nitrogens is 2. The molecule has 0 bridgehead atoms. The van der Waals surface area contributed by atoms with E-state index in [0.717, 1.165) is 12.8 Å². The van der Waals surface area contributed by atoms with E-state index in [-0.39, 0.29) is 16.4 Å². The SMILES string of the molecule is CCCCCCCCCCn1cnc(Cl)c(N)c1=O. The van der Waals surface area contributed by atoms with Gasteiger partial charge in [-0.25, -0.2) is 4.98 Å². The van der Waals surface area contributed by atoms with Crippen LogP contribution in [0.15, 0.2) is 11.1 Å². The van der Waals surface area contributed by atoms with E-state index in [0.29, 0.717) is 6.54 Å². The smallest absolute Gasteiger partial charge is 0.278 e. The summed E-state index contributed by atoms with van der Waals surface area (Å²) in [5.41, 5.74) is 5.37. The third-order valence-corrected chi connectivity index (χ3v) is 3.58. The molecule has 2 N–H and O–H groups in total. The summed E-state index contributed by atoms with van der Waals surface area (Å²) in [7, 11) is 0. The maximum atomic E-state index is 11.7. The summed E-state index contributed by atoms with van der Waals surface area (Å²) in [5, 5.41) is 0.0946. The van der Waals surface area contributed by atoms with Gasteiger partial charge in [0, 0.05) is 6.54 Å². The van der Waals surface area contributed by atoms with Crippen molar-refractivity contribution in [2.45, 2.75) is 64.8 Å². The van der Waals surface area contributed by atoms with Crippen molar-refractivity contribution in [3.63, 3.8) is 0 Å². The Hall–Kier alpha value is -1.03. The van der Waals surface area contributed by atoms with Gasteiger partial charge in [-0.15, -0.1) is 0 Å². The average molecular weight is 286 g/mol. The summed E-state index contributed by atoms with van der Waals surface area (Å²) in [6.45, 7) is 2.89. The van der Waals surface area contributed by atoms with Gasteiger partial charge in [0.05, 0.1) is 6.33 Å². The monoisotopic (exact) mass is 285 g/mol. The second-order valence-electron chi connectivity index (χ2n) is 4.92. The molecular formula is C14H24ClN3O. The molecule has 0 spiro atoms. The molecule has 108 valence electrons. The maximum absolute atomic E-state index is 11.7. The number of hydrogen-bond acceptors (Lipinski definition) is 3. The highest BCUT2D eigenvalue weighted by Crippen LogP contribution is 2.10. The van der Waals surface area contributed by atoms with Gasteiger partial charge >= 0.3 is 0 Å². The Balaban J connectivity index is 2.20. The van der Waals surface area contributed by atoms with Crippen LogP contribution in [-0.4, -0.2) is 9.55 Å². The van der Waals surface area contributed by atoms with Gasteiger partial charge in [0.25, 0.3) is 5.56 Å². The lowest BCUT2D eigenvalue weighted by Crippen LogP contribution is -2.23. The first-order valence-electron chi connectivity index (χ1n) is 7.17. The largest absolute Gasteiger partial charge is 0.392 e. The number of nitrogens with zero attached hydrogens (tertiary/aromatic N) is 2. The topological polar surface area (TPSA) is 60.9 Å². The molecule has 0 fully saturated rings. The van der Waals surface area contributed by atoms with Crippen molar-refractivity contribution in [2.75, 3.05) is 5.73 Å². The summed E-state index contributed by atoms with van der Waals surface area (Å²) in [6, 6.07) is 0. The van der Waals surface area contributed by atoms with Gasteiger partial charge in [-0.05, 0) is 6.42 Å². The van der Waals surface area contributed by atoms with Gasteiger partial charge in [0.2, 0.25) is 0 Å². The van der Waals surface area contributed by atoms with Crippen molar-refractivity contribution in [1.82, 2.24) is 9.55 Å². The number of anilines is 1. The molecule has 5 heteroatoms. The predicted molar refractivity (Wildman–Crippen MR) is 80.5 cm³/mol. The van der Waals surface area contributed by atoms with E-state index >= 15 is 0 Å². The third kappa shape index (κ3) is 5.64. The zero-order valence-corrected chi connectivity index (χ0v) is 12.5. The second-order valence-corrected chi connectivity index (χ2v) is 5.28. The predicted octanol–water partition coefficient (Wildman–Crippen LogP) is 3.62. The van der Waals surface area contributed by atoms with Crippen LogP contribution in [0.4, 0.5) is 5.69 Å². The fourth-order valence-electron chi connectivity index (χ4n) is 2.06. The van der Waals surface area contributed by atoms with Crippen molar-refractivity contribution >= 4 is 17.3 Å². The molecule has 0 saturated carbocycles.